The second kappa shape index (κ2) is 10.1. The number of carbonyl (C=O) groups excluding carboxylic acids is 2. The van der Waals surface area contributed by atoms with Crippen molar-refractivity contribution in [3.05, 3.63) is 66.7 Å². The van der Waals surface area contributed by atoms with Gasteiger partial charge >= 0.3 is 11.9 Å². The van der Waals surface area contributed by atoms with Crippen LogP contribution in [0.1, 0.15) is 23.2 Å². The maximum Gasteiger partial charge on any atom is 0.343 e. The van der Waals surface area contributed by atoms with Crippen LogP contribution in [-0.4, -0.2) is 33.0 Å². The van der Waals surface area contributed by atoms with E-state index in [1.54, 1.807) is 36.4 Å². The molecule has 2 rings (SSSR count). The summed E-state index contributed by atoms with van der Waals surface area (Å²) in [5.41, 5.74) is 1.56. The minimum absolute atomic E-state index is 0.345. The van der Waals surface area contributed by atoms with Crippen LogP contribution in [0, 0.1) is 0 Å². The predicted octanol–water partition coefficient (Wildman–Crippen LogP) is 2.05. The summed E-state index contributed by atoms with van der Waals surface area (Å²) in [7, 11) is 1.97. The van der Waals surface area contributed by atoms with E-state index >= 15 is 0 Å². The zero-order valence-corrected chi connectivity index (χ0v) is 14.8. The van der Waals surface area contributed by atoms with Gasteiger partial charge in [-0.05, 0) is 49.2 Å². The number of esters is 2. The average molecular weight is 352 g/mol. The normalized spacial score (nSPS) is 10.0. The third-order valence-corrected chi connectivity index (χ3v) is 3.54. The summed E-state index contributed by atoms with van der Waals surface area (Å²) in [6, 6.07) is 14.1. The summed E-state index contributed by atoms with van der Waals surface area (Å²) >= 11 is 0. The molecule has 0 saturated heterocycles. The first-order chi connectivity index (χ1) is 12.6. The minimum atomic E-state index is -0.418. The first kappa shape index (κ1) is 19.3. The monoisotopic (exact) mass is 352 g/mol. The molecule has 26 heavy (non-hydrogen) atoms. The van der Waals surface area contributed by atoms with Gasteiger partial charge in [0, 0.05) is 6.08 Å². The molecule has 0 aromatic heterocycles. The molecule has 0 heterocycles. The van der Waals surface area contributed by atoms with Gasteiger partial charge in [0.15, 0.2) is 0 Å². The molecule has 2 aromatic carbocycles. The van der Waals surface area contributed by atoms with Crippen LogP contribution in [0.15, 0.2) is 61.2 Å². The quantitative estimate of drug-likeness (QED) is 0.227. The van der Waals surface area contributed by atoms with Crippen molar-refractivity contribution in [2.45, 2.75) is 12.8 Å². The van der Waals surface area contributed by atoms with E-state index in [2.05, 4.69) is 6.58 Å². The van der Waals surface area contributed by atoms with Crippen LogP contribution in [0.2, 0.25) is 0 Å². The number of unbranched alkanes of at least 4 members (excludes halogenated alkanes) is 1. The summed E-state index contributed by atoms with van der Waals surface area (Å²) in [6.45, 7) is 4.17. The van der Waals surface area contributed by atoms with Crippen LogP contribution in [-0.2, 0) is 9.53 Å². The van der Waals surface area contributed by atoms with Gasteiger partial charge in [-0.15, -0.1) is 0 Å². The van der Waals surface area contributed by atoms with E-state index in [0.717, 1.165) is 18.0 Å². The van der Waals surface area contributed by atoms with Crippen molar-refractivity contribution in [2.75, 3.05) is 13.2 Å². The molecule has 6 heteroatoms. The van der Waals surface area contributed by atoms with Gasteiger partial charge in [-0.25, -0.2) is 9.59 Å². The fourth-order valence-corrected chi connectivity index (χ4v) is 2.09. The van der Waals surface area contributed by atoms with Crippen molar-refractivity contribution in [1.82, 2.24) is 0 Å². The Labute approximate surface area is 154 Å². The Balaban J connectivity index is 1.73. The molecular weight excluding hydrogens is 331 g/mol. The predicted molar refractivity (Wildman–Crippen MR) is 102 cm³/mol. The van der Waals surface area contributed by atoms with E-state index in [4.69, 9.17) is 14.2 Å². The summed E-state index contributed by atoms with van der Waals surface area (Å²) < 4.78 is 15.8. The summed E-state index contributed by atoms with van der Waals surface area (Å²) in [5, 5.41) is 0. The molecule has 0 amide bonds. The van der Waals surface area contributed by atoms with Crippen LogP contribution in [0.3, 0.4) is 0 Å². The van der Waals surface area contributed by atoms with Crippen LogP contribution in [0.25, 0.3) is 0 Å². The first-order valence-corrected chi connectivity index (χ1v) is 8.39. The lowest BCUT2D eigenvalue weighted by atomic mass is 9.97. The fourth-order valence-electron chi connectivity index (χ4n) is 2.09. The van der Waals surface area contributed by atoms with E-state index in [0.29, 0.717) is 36.7 Å². The van der Waals surface area contributed by atoms with E-state index in [1.807, 2.05) is 20.0 Å². The molecule has 0 bridgehead atoms. The molecule has 0 fully saturated rings. The van der Waals surface area contributed by atoms with Gasteiger partial charge < -0.3 is 14.2 Å². The lowest BCUT2D eigenvalue weighted by Gasteiger charge is -2.08. The highest BCUT2D eigenvalue weighted by molar-refractivity contribution is 6.32. The molecular formula is C20H21BO5. The zero-order valence-electron chi connectivity index (χ0n) is 14.8. The lowest BCUT2D eigenvalue weighted by Crippen LogP contribution is -2.09. The van der Waals surface area contributed by atoms with Crippen molar-refractivity contribution in [3.8, 4) is 11.5 Å². The zero-order chi connectivity index (χ0) is 18.8. The molecule has 2 aromatic rings. The minimum Gasteiger partial charge on any atom is -0.494 e. The van der Waals surface area contributed by atoms with E-state index in [-0.39, 0.29) is 0 Å². The Kier molecular flexibility index (Phi) is 7.49. The summed E-state index contributed by atoms with van der Waals surface area (Å²) in [4.78, 5) is 23.0. The first-order valence-electron chi connectivity index (χ1n) is 8.39. The molecule has 0 unspecified atom stereocenters. The Morgan fingerprint density at radius 1 is 0.923 bits per heavy atom. The van der Waals surface area contributed by atoms with Gasteiger partial charge in [0.1, 0.15) is 19.3 Å². The Bertz CT molecular complexity index is 738. The fraction of sp³-hybridized carbons (Fsp3) is 0.200. The van der Waals surface area contributed by atoms with E-state index in [9.17, 15) is 9.59 Å². The van der Waals surface area contributed by atoms with Crippen molar-refractivity contribution in [2.24, 2.45) is 0 Å². The Hall–Kier alpha value is -3.02. The van der Waals surface area contributed by atoms with Crippen molar-refractivity contribution in [3.63, 3.8) is 0 Å². The standard InChI is InChI=1S/C20H21BO5/c1-2-19(22)25-14-4-3-13-24-17-9-5-15(6-10-17)20(23)26-18-11-7-16(21)8-12-18/h2,5-12H,1,3-4,13-14,21H2. The third-order valence-electron chi connectivity index (χ3n) is 3.54. The SMILES string of the molecule is Bc1ccc(OC(=O)c2ccc(OCCCCOC(=O)C=C)cc2)cc1. The maximum atomic E-state index is 12.1. The molecule has 0 aliphatic carbocycles. The number of benzene rings is 2. The van der Waals surface area contributed by atoms with Crippen LogP contribution in [0.5, 0.6) is 11.5 Å². The topological polar surface area (TPSA) is 61.8 Å². The molecule has 0 aliphatic heterocycles. The highest BCUT2D eigenvalue weighted by Gasteiger charge is 2.08. The number of hydrogen-bond acceptors (Lipinski definition) is 5. The van der Waals surface area contributed by atoms with E-state index in [1.165, 1.54) is 0 Å². The number of rotatable bonds is 9. The number of ether oxygens (including phenoxy) is 3. The summed E-state index contributed by atoms with van der Waals surface area (Å²) in [5.74, 6) is 0.349. The molecule has 0 atom stereocenters. The lowest BCUT2D eigenvalue weighted by molar-refractivity contribution is -0.137. The molecule has 0 radical (unpaired) electrons. The van der Waals surface area contributed by atoms with Crippen LogP contribution < -0.4 is 14.9 Å². The molecule has 0 spiro atoms. The van der Waals surface area contributed by atoms with Gasteiger partial charge in [-0.2, -0.15) is 0 Å². The largest absolute Gasteiger partial charge is 0.494 e. The second-order valence-corrected chi connectivity index (χ2v) is 5.65. The maximum absolute atomic E-state index is 12.1. The number of hydrogen-bond donors (Lipinski definition) is 0. The highest BCUT2D eigenvalue weighted by atomic mass is 16.5. The molecule has 0 saturated carbocycles. The van der Waals surface area contributed by atoms with Gasteiger partial charge in [-0.3, -0.25) is 0 Å². The molecule has 0 aliphatic rings. The van der Waals surface area contributed by atoms with Gasteiger partial charge in [0.05, 0.1) is 18.8 Å². The number of carbonyl (C=O) groups is 2. The van der Waals surface area contributed by atoms with Crippen LogP contribution >= 0.6 is 0 Å². The van der Waals surface area contributed by atoms with Gasteiger partial charge in [-0.1, -0.05) is 24.2 Å². The second-order valence-electron chi connectivity index (χ2n) is 5.65. The average Bonchev–Trinajstić information content (AvgIpc) is 2.66. The third kappa shape index (κ3) is 6.47. The molecule has 5 nitrogen and oxygen atoms in total. The molecule has 0 N–H and O–H groups in total. The van der Waals surface area contributed by atoms with Crippen molar-refractivity contribution >= 4 is 25.2 Å². The van der Waals surface area contributed by atoms with Crippen molar-refractivity contribution in [1.29, 1.82) is 0 Å². The van der Waals surface area contributed by atoms with Crippen LogP contribution in [0.4, 0.5) is 0 Å². The Morgan fingerprint density at radius 3 is 2.19 bits per heavy atom. The van der Waals surface area contributed by atoms with Gasteiger partial charge in [0.2, 0.25) is 0 Å². The highest BCUT2D eigenvalue weighted by Crippen LogP contribution is 2.15. The van der Waals surface area contributed by atoms with E-state index < -0.39 is 11.9 Å². The smallest absolute Gasteiger partial charge is 0.343 e. The molecule has 134 valence electrons. The van der Waals surface area contributed by atoms with Crippen molar-refractivity contribution < 1.29 is 23.8 Å². The van der Waals surface area contributed by atoms with Gasteiger partial charge in [0.25, 0.3) is 0 Å². The summed E-state index contributed by atoms with van der Waals surface area (Å²) in [6.07, 6.45) is 2.60. The Morgan fingerprint density at radius 2 is 1.54 bits per heavy atom.